The molecular weight excluding hydrogens is 343 g/mol. The van der Waals surface area contributed by atoms with Gasteiger partial charge in [-0.2, -0.15) is 13.2 Å². The largest absolute Gasteiger partial charge is 0.455 e. The fraction of sp³-hybridized carbons (Fsp3) is 0.188. The van der Waals surface area contributed by atoms with Crippen LogP contribution in [0.4, 0.5) is 13.2 Å². The average molecular weight is 355 g/mol. The molecule has 0 bridgehead atoms. The minimum Gasteiger partial charge on any atom is -0.455 e. The summed E-state index contributed by atoms with van der Waals surface area (Å²) in [6.07, 6.45) is -1.65. The summed E-state index contributed by atoms with van der Waals surface area (Å²) >= 11 is 3.36. The van der Waals surface area contributed by atoms with Gasteiger partial charge in [0.25, 0.3) is 0 Å². The van der Waals surface area contributed by atoms with E-state index in [0.717, 1.165) is 16.5 Å². The van der Waals surface area contributed by atoms with E-state index >= 15 is 0 Å². The minimum absolute atomic E-state index is 0.375. The Morgan fingerprint density at radius 3 is 2.30 bits per heavy atom. The molecule has 0 aromatic carbocycles. The van der Waals surface area contributed by atoms with Crippen molar-refractivity contribution in [3.63, 3.8) is 0 Å². The van der Waals surface area contributed by atoms with E-state index in [9.17, 15) is 13.2 Å². The quantitative estimate of drug-likeness (QED) is 0.623. The van der Waals surface area contributed by atoms with E-state index in [1.54, 1.807) is 35.7 Å². The van der Waals surface area contributed by atoms with Crippen LogP contribution in [0.1, 0.15) is 25.2 Å². The maximum absolute atomic E-state index is 12.5. The first-order valence-corrected chi connectivity index (χ1v) is 8.34. The number of nitrogens with zero attached hydrogens (tertiary/aromatic N) is 1. The Hall–Kier alpha value is -1.60. The van der Waals surface area contributed by atoms with Gasteiger partial charge in [0.1, 0.15) is 11.5 Å². The number of thioether (sulfide) groups is 2. The van der Waals surface area contributed by atoms with E-state index in [2.05, 4.69) is 18.8 Å². The van der Waals surface area contributed by atoms with Gasteiger partial charge < -0.3 is 4.42 Å². The van der Waals surface area contributed by atoms with Gasteiger partial charge in [-0.05, 0) is 47.9 Å². The highest BCUT2D eigenvalue weighted by molar-refractivity contribution is 8.28. The normalized spacial score (nSPS) is 15.4. The number of furan rings is 1. The van der Waals surface area contributed by atoms with Crippen LogP contribution in [0.2, 0.25) is 0 Å². The monoisotopic (exact) mass is 355 g/mol. The predicted molar refractivity (Wildman–Crippen MR) is 88.5 cm³/mol. The fourth-order valence-electron chi connectivity index (χ4n) is 1.92. The van der Waals surface area contributed by atoms with Crippen LogP contribution in [0.15, 0.2) is 48.9 Å². The highest BCUT2D eigenvalue weighted by Gasteiger charge is 2.30. The number of rotatable bonds is 2. The molecule has 0 saturated carbocycles. The summed E-state index contributed by atoms with van der Waals surface area (Å²) in [6, 6.07) is 5.81. The van der Waals surface area contributed by atoms with Gasteiger partial charge in [-0.25, -0.2) is 0 Å². The van der Waals surface area contributed by atoms with E-state index in [1.807, 2.05) is 6.08 Å². The summed E-state index contributed by atoms with van der Waals surface area (Å²) in [6.45, 7) is 4.13. The maximum Gasteiger partial charge on any atom is 0.417 e. The molecule has 0 radical (unpaired) electrons. The minimum atomic E-state index is -4.39. The molecule has 0 atom stereocenters. The van der Waals surface area contributed by atoms with Crippen molar-refractivity contribution in [2.75, 3.05) is 0 Å². The van der Waals surface area contributed by atoms with Crippen LogP contribution in [0.25, 0.3) is 17.5 Å². The van der Waals surface area contributed by atoms with Crippen molar-refractivity contribution in [2.45, 2.75) is 20.0 Å². The summed E-state index contributed by atoms with van der Waals surface area (Å²) in [5.41, 5.74) is -0.397. The lowest BCUT2D eigenvalue weighted by Crippen LogP contribution is -2.05. The van der Waals surface area contributed by atoms with Crippen molar-refractivity contribution in [1.82, 2.24) is 4.98 Å². The van der Waals surface area contributed by atoms with Crippen molar-refractivity contribution in [1.29, 1.82) is 0 Å². The van der Waals surface area contributed by atoms with E-state index in [-0.39, 0.29) is 0 Å². The van der Waals surface area contributed by atoms with Crippen LogP contribution in [0.5, 0.6) is 0 Å². The maximum atomic E-state index is 12.5. The second-order valence-corrected chi connectivity index (χ2v) is 7.68. The molecule has 0 saturated heterocycles. The van der Waals surface area contributed by atoms with Gasteiger partial charge in [0.15, 0.2) is 5.76 Å². The fourth-order valence-corrected chi connectivity index (χ4v) is 4.32. The Morgan fingerprint density at radius 1 is 1.04 bits per heavy atom. The zero-order chi connectivity index (χ0) is 16.6. The zero-order valence-corrected chi connectivity index (χ0v) is 13.9. The first-order chi connectivity index (χ1) is 10.8. The summed E-state index contributed by atoms with van der Waals surface area (Å²) in [7, 11) is 0. The van der Waals surface area contributed by atoms with Crippen molar-refractivity contribution >= 4 is 29.6 Å². The van der Waals surface area contributed by atoms with Crippen molar-refractivity contribution in [3.05, 3.63) is 55.8 Å². The third-order valence-electron chi connectivity index (χ3n) is 3.23. The molecule has 120 valence electrons. The third-order valence-corrected chi connectivity index (χ3v) is 5.73. The third kappa shape index (κ3) is 3.67. The predicted octanol–water partition coefficient (Wildman–Crippen LogP) is 6.39. The summed E-state index contributed by atoms with van der Waals surface area (Å²) in [4.78, 5) is 6.35. The van der Waals surface area contributed by atoms with Gasteiger partial charge in [-0.1, -0.05) is 23.5 Å². The van der Waals surface area contributed by atoms with Crippen LogP contribution in [-0.2, 0) is 6.18 Å². The van der Waals surface area contributed by atoms with Gasteiger partial charge in [-0.3, -0.25) is 4.98 Å². The van der Waals surface area contributed by atoms with Gasteiger partial charge in [0.05, 0.1) is 9.80 Å². The molecule has 0 unspecified atom stereocenters. The second-order valence-electron chi connectivity index (χ2n) is 4.91. The molecule has 0 N–H and O–H groups in total. The Labute approximate surface area is 139 Å². The number of allylic oxidation sites excluding steroid dienone is 2. The number of halogens is 3. The Kier molecular flexibility index (Phi) is 4.33. The molecule has 2 nitrogen and oxygen atoms in total. The molecule has 3 rings (SSSR count). The lowest BCUT2D eigenvalue weighted by atomic mass is 10.2. The molecule has 1 aliphatic rings. The molecule has 7 heteroatoms. The van der Waals surface area contributed by atoms with Gasteiger partial charge >= 0.3 is 6.18 Å². The molecular formula is C16H12F3NOS2. The van der Waals surface area contributed by atoms with Crippen LogP contribution >= 0.6 is 23.5 Å². The number of hydrogen-bond acceptors (Lipinski definition) is 4. The number of aromatic nitrogens is 1. The second kappa shape index (κ2) is 6.13. The van der Waals surface area contributed by atoms with Gasteiger partial charge in [0, 0.05) is 12.3 Å². The van der Waals surface area contributed by atoms with Gasteiger partial charge in [-0.15, -0.1) is 0 Å². The Morgan fingerprint density at radius 2 is 1.74 bits per heavy atom. The number of hydrogen-bond donors (Lipinski definition) is 0. The Bertz CT molecular complexity index is 772. The van der Waals surface area contributed by atoms with Crippen LogP contribution < -0.4 is 0 Å². The van der Waals surface area contributed by atoms with Crippen LogP contribution in [0, 0.1) is 0 Å². The molecule has 0 amide bonds. The molecule has 0 fully saturated rings. The lowest BCUT2D eigenvalue weighted by molar-refractivity contribution is -0.137. The molecule has 1 aliphatic heterocycles. The number of alkyl halides is 3. The molecule has 0 spiro atoms. The molecule has 0 aliphatic carbocycles. The molecule has 23 heavy (non-hydrogen) atoms. The first-order valence-electron chi connectivity index (χ1n) is 6.71. The van der Waals surface area contributed by atoms with Crippen molar-refractivity contribution in [3.8, 4) is 11.5 Å². The molecule has 2 aromatic rings. The first kappa shape index (κ1) is 16.3. The highest BCUT2D eigenvalue weighted by Crippen LogP contribution is 2.49. The van der Waals surface area contributed by atoms with Crippen LogP contribution in [0.3, 0.4) is 0 Å². The SMILES string of the molecule is CC1=C(C)SC(=Cc2ccc(-c3ccc(C(F)(F)F)cn3)o2)S1. The summed E-state index contributed by atoms with van der Waals surface area (Å²) in [5.74, 6) is 1.10. The van der Waals surface area contributed by atoms with E-state index in [0.29, 0.717) is 17.2 Å². The summed E-state index contributed by atoms with van der Waals surface area (Å²) < 4.78 is 44.4. The van der Waals surface area contributed by atoms with Crippen molar-refractivity contribution < 1.29 is 17.6 Å². The van der Waals surface area contributed by atoms with Gasteiger partial charge in [0.2, 0.25) is 0 Å². The standard InChI is InChI=1S/C16H12F3NOS2/c1-9-10(2)23-15(22-9)7-12-4-6-14(21-12)13-5-3-11(8-20-13)16(17,18)19/h3-8H,1-2H3. The smallest absolute Gasteiger partial charge is 0.417 e. The van der Waals surface area contributed by atoms with E-state index in [4.69, 9.17) is 4.42 Å². The van der Waals surface area contributed by atoms with E-state index < -0.39 is 11.7 Å². The lowest BCUT2D eigenvalue weighted by Gasteiger charge is -2.05. The topological polar surface area (TPSA) is 26.0 Å². The Balaban J connectivity index is 1.79. The van der Waals surface area contributed by atoms with Crippen molar-refractivity contribution in [2.24, 2.45) is 0 Å². The average Bonchev–Trinajstić information content (AvgIpc) is 3.06. The highest BCUT2D eigenvalue weighted by atomic mass is 32.2. The zero-order valence-electron chi connectivity index (χ0n) is 12.3. The molecule has 3 heterocycles. The van der Waals surface area contributed by atoms with E-state index in [1.165, 1.54) is 15.9 Å². The number of pyridine rings is 1. The van der Waals surface area contributed by atoms with Crippen LogP contribution in [-0.4, -0.2) is 4.98 Å². The molecule has 2 aromatic heterocycles. The summed E-state index contributed by atoms with van der Waals surface area (Å²) in [5, 5.41) is 0.